The Kier molecular flexibility index (Phi) is 18.6. The predicted molar refractivity (Wildman–Crippen MR) is 247 cm³/mol. The molecule has 0 aromatic heterocycles. The molecule has 3 atom stereocenters. The number of guanidine groups is 1. The number of aliphatic imine (C=N–C) groups is 1. The second kappa shape index (κ2) is 24.2. The standard InChI is InChI=1S/C48H52N6O7.ClH/c1-4-15-37(45(56)53-38(23-14-28-51-48(49)50)46(57)54-39(16-5-2)47(58)61-30-32-17-8-7-9-18-32)52-42(55)31-60-41-27-25-34-20-11-13-22-36(34)44(41)43-35-21-12-10-19-33(35)24-26-40(43)59-29-6-3;/h4-13,17-22,24-27,37-39H,1-3,14-16,23,28-31H2,(H,52,55)(H,53,56)(H,54,57)(H4,49,50,51);1H/t37-,38-,39+;/m1./s1. The zero-order valence-electron chi connectivity index (χ0n) is 34.4. The molecule has 0 saturated carbocycles. The Labute approximate surface area is 367 Å². The predicted octanol–water partition coefficient (Wildman–Crippen LogP) is 6.43. The SMILES string of the molecule is C=CCOc1ccc2ccccc2c1-c1c(OCC(=O)N[C@H](CC=C)C(=O)N[C@H](CCCN=C(N)N)C(=O)N[C@@H](CC=C)C(=O)OCc2ccccc2)ccc2ccccc12.Cl. The second-order valence-electron chi connectivity index (χ2n) is 14.0. The first-order valence-electron chi connectivity index (χ1n) is 19.9. The van der Waals surface area contributed by atoms with Gasteiger partial charge in [0.05, 0.1) is 0 Å². The fourth-order valence-electron chi connectivity index (χ4n) is 6.71. The van der Waals surface area contributed by atoms with Gasteiger partial charge in [0, 0.05) is 17.7 Å². The van der Waals surface area contributed by atoms with E-state index in [0.717, 1.165) is 38.2 Å². The summed E-state index contributed by atoms with van der Waals surface area (Å²) in [5, 5.41) is 11.9. The molecule has 0 spiro atoms. The maximum absolute atomic E-state index is 13.8. The molecule has 0 saturated heterocycles. The highest BCUT2D eigenvalue weighted by Gasteiger charge is 2.30. The molecule has 62 heavy (non-hydrogen) atoms. The number of amides is 3. The number of rotatable bonds is 23. The van der Waals surface area contributed by atoms with E-state index in [9.17, 15) is 19.2 Å². The Balaban J connectivity index is 0.00000845. The van der Waals surface area contributed by atoms with Crippen LogP contribution in [-0.2, 0) is 30.5 Å². The number of nitrogens with one attached hydrogen (secondary N) is 3. The lowest BCUT2D eigenvalue weighted by molar-refractivity contribution is -0.149. The highest BCUT2D eigenvalue weighted by Crippen LogP contribution is 2.45. The highest BCUT2D eigenvalue weighted by atomic mass is 35.5. The number of fused-ring (bicyclic) bond motifs is 2. The van der Waals surface area contributed by atoms with Crippen LogP contribution in [-0.4, -0.2) is 67.5 Å². The van der Waals surface area contributed by atoms with E-state index in [0.29, 0.717) is 17.9 Å². The van der Waals surface area contributed by atoms with Crippen LogP contribution in [0.2, 0.25) is 0 Å². The minimum Gasteiger partial charge on any atom is -0.489 e. The number of hydrogen-bond donors (Lipinski definition) is 5. The average Bonchev–Trinajstić information content (AvgIpc) is 3.27. The molecular weight excluding hydrogens is 808 g/mol. The van der Waals surface area contributed by atoms with E-state index in [1.165, 1.54) is 12.2 Å². The number of halogens is 1. The molecule has 13 nitrogen and oxygen atoms in total. The first kappa shape index (κ1) is 47.6. The lowest BCUT2D eigenvalue weighted by Crippen LogP contribution is -2.56. The van der Waals surface area contributed by atoms with Crippen molar-refractivity contribution in [2.45, 2.75) is 50.4 Å². The molecule has 0 bridgehead atoms. The first-order chi connectivity index (χ1) is 29.6. The summed E-state index contributed by atoms with van der Waals surface area (Å²) in [5.41, 5.74) is 13.3. The zero-order chi connectivity index (χ0) is 43.6. The Morgan fingerprint density at radius 2 is 1.19 bits per heavy atom. The summed E-state index contributed by atoms with van der Waals surface area (Å²) in [4.78, 5) is 58.3. The minimum atomic E-state index is -1.14. The summed E-state index contributed by atoms with van der Waals surface area (Å²) in [6.45, 7) is 11.3. The van der Waals surface area contributed by atoms with Crippen molar-refractivity contribution in [1.82, 2.24) is 16.0 Å². The molecule has 5 aromatic carbocycles. The lowest BCUT2D eigenvalue weighted by Gasteiger charge is -2.24. The fourth-order valence-corrected chi connectivity index (χ4v) is 6.71. The Hall–Kier alpha value is -7.12. The van der Waals surface area contributed by atoms with Gasteiger partial charge in [-0.3, -0.25) is 19.4 Å². The van der Waals surface area contributed by atoms with Crippen LogP contribution in [0.5, 0.6) is 11.5 Å². The van der Waals surface area contributed by atoms with E-state index in [1.54, 1.807) is 12.1 Å². The van der Waals surface area contributed by atoms with Crippen LogP contribution in [0.25, 0.3) is 32.7 Å². The van der Waals surface area contributed by atoms with Crippen LogP contribution in [0, 0.1) is 0 Å². The Morgan fingerprint density at radius 1 is 0.645 bits per heavy atom. The normalized spacial score (nSPS) is 12.0. The molecule has 0 radical (unpaired) electrons. The van der Waals surface area contributed by atoms with Crippen LogP contribution in [0.3, 0.4) is 0 Å². The van der Waals surface area contributed by atoms with Gasteiger partial charge in [-0.25, -0.2) is 4.79 Å². The van der Waals surface area contributed by atoms with Crippen molar-refractivity contribution in [1.29, 1.82) is 0 Å². The highest BCUT2D eigenvalue weighted by molar-refractivity contribution is 6.10. The number of esters is 1. The lowest BCUT2D eigenvalue weighted by atomic mass is 9.92. The average molecular weight is 861 g/mol. The molecule has 324 valence electrons. The maximum atomic E-state index is 13.8. The second-order valence-corrected chi connectivity index (χ2v) is 14.0. The largest absolute Gasteiger partial charge is 0.489 e. The van der Waals surface area contributed by atoms with Gasteiger partial charge in [-0.05, 0) is 64.9 Å². The van der Waals surface area contributed by atoms with Crippen LogP contribution in [0.15, 0.2) is 146 Å². The number of benzene rings is 5. The monoisotopic (exact) mass is 860 g/mol. The smallest absolute Gasteiger partial charge is 0.329 e. The van der Waals surface area contributed by atoms with E-state index >= 15 is 0 Å². The summed E-state index contributed by atoms with van der Waals surface area (Å²) in [5.74, 6) is -1.66. The molecule has 0 aliphatic heterocycles. The molecule has 14 heteroatoms. The number of nitrogens with zero attached hydrogens (tertiary/aromatic N) is 1. The maximum Gasteiger partial charge on any atom is 0.329 e. The summed E-state index contributed by atoms with van der Waals surface area (Å²) < 4.78 is 17.9. The number of nitrogens with two attached hydrogens (primary N) is 2. The third kappa shape index (κ3) is 13.2. The molecule has 5 rings (SSSR count). The number of carbonyl (C=O) groups excluding carboxylic acids is 4. The molecule has 3 amide bonds. The van der Waals surface area contributed by atoms with Crippen molar-refractivity contribution in [3.63, 3.8) is 0 Å². The minimum absolute atomic E-state index is 0. The van der Waals surface area contributed by atoms with Crippen LogP contribution < -0.4 is 36.9 Å². The van der Waals surface area contributed by atoms with Gasteiger partial charge >= 0.3 is 5.97 Å². The summed E-state index contributed by atoms with van der Waals surface area (Å²) >= 11 is 0. The Morgan fingerprint density at radius 3 is 1.79 bits per heavy atom. The van der Waals surface area contributed by atoms with E-state index in [2.05, 4.69) is 40.7 Å². The van der Waals surface area contributed by atoms with E-state index in [4.69, 9.17) is 25.7 Å². The van der Waals surface area contributed by atoms with Crippen LogP contribution >= 0.6 is 12.4 Å². The van der Waals surface area contributed by atoms with Gasteiger partial charge < -0.3 is 41.6 Å². The molecule has 5 aromatic rings. The molecule has 0 unspecified atom stereocenters. The fraction of sp³-hybridized carbons (Fsp3) is 0.229. The van der Waals surface area contributed by atoms with Crippen molar-refractivity contribution in [3.05, 3.63) is 147 Å². The number of hydrogen-bond acceptors (Lipinski definition) is 8. The third-order valence-electron chi connectivity index (χ3n) is 9.61. The van der Waals surface area contributed by atoms with E-state index in [-0.39, 0.29) is 57.4 Å². The Bertz CT molecular complexity index is 2380. The van der Waals surface area contributed by atoms with Gasteiger partial charge in [0.15, 0.2) is 12.6 Å². The van der Waals surface area contributed by atoms with Crippen molar-refractivity contribution in [3.8, 4) is 22.6 Å². The molecule has 0 aliphatic rings. The van der Waals surface area contributed by atoms with Crippen molar-refractivity contribution in [2.24, 2.45) is 16.5 Å². The third-order valence-corrected chi connectivity index (χ3v) is 9.61. The number of ether oxygens (including phenoxy) is 3. The molecule has 0 fully saturated rings. The van der Waals surface area contributed by atoms with E-state index < -0.39 is 48.4 Å². The topological polar surface area (TPSA) is 196 Å². The first-order valence-corrected chi connectivity index (χ1v) is 19.9. The zero-order valence-corrected chi connectivity index (χ0v) is 35.2. The molecule has 0 heterocycles. The van der Waals surface area contributed by atoms with Crippen LogP contribution in [0.4, 0.5) is 0 Å². The van der Waals surface area contributed by atoms with Gasteiger partial charge in [0.25, 0.3) is 5.91 Å². The summed E-state index contributed by atoms with van der Waals surface area (Å²) in [7, 11) is 0. The molecule has 7 N–H and O–H groups in total. The van der Waals surface area contributed by atoms with Crippen LogP contribution in [0.1, 0.15) is 31.2 Å². The summed E-state index contributed by atoms with van der Waals surface area (Å²) in [6, 6.07) is 29.2. The van der Waals surface area contributed by atoms with Crippen molar-refractivity contribution in [2.75, 3.05) is 19.8 Å². The quantitative estimate of drug-likeness (QED) is 0.0162. The summed E-state index contributed by atoms with van der Waals surface area (Å²) in [6.07, 6.45) is 5.15. The van der Waals surface area contributed by atoms with Gasteiger partial charge in [-0.15, -0.1) is 25.6 Å². The van der Waals surface area contributed by atoms with Gasteiger partial charge in [0.1, 0.15) is 42.8 Å². The van der Waals surface area contributed by atoms with Gasteiger partial charge in [-0.2, -0.15) is 0 Å². The van der Waals surface area contributed by atoms with Crippen molar-refractivity contribution < 1.29 is 33.4 Å². The van der Waals surface area contributed by atoms with Crippen molar-refractivity contribution >= 4 is 63.6 Å². The molecule has 0 aliphatic carbocycles. The van der Waals surface area contributed by atoms with E-state index in [1.807, 2.05) is 97.1 Å². The molecular formula is C48H53ClN6O7. The van der Waals surface area contributed by atoms with Gasteiger partial charge in [-0.1, -0.05) is 116 Å². The van der Waals surface area contributed by atoms with Gasteiger partial charge in [0.2, 0.25) is 11.8 Å². The number of carbonyl (C=O) groups is 4.